The first-order valence-corrected chi connectivity index (χ1v) is 11.0. The molecule has 1 N–H and O–H groups in total. The predicted molar refractivity (Wildman–Crippen MR) is 131 cm³/mol. The van der Waals surface area contributed by atoms with Gasteiger partial charge < -0.3 is 18.6 Å². The number of hydrazone groups is 1. The summed E-state index contributed by atoms with van der Waals surface area (Å²) in [4.78, 5) is 12.5. The highest BCUT2D eigenvalue weighted by atomic mass is 35.5. The standard InChI is InChI=1S/C26H23ClN2O5/c1-3-32-23-13-17(11-12-21(23)33-16-19-7-4-5-9-20(19)27)15-28-29-26(30)24-14-18-8-6-10-22(31-2)25(18)34-24/h4-15H,3,16H2,1-2H3,(H,29,30)/b28-15-. The molecule has 0 saturated heterocycles. The van der Waals surface area contributed by atoms with E-state index in [0.717, 1.165) is 16.5 Å². The molecule has 7 nitrogen and oxygen atoms in total. The molecule has 0 saturated carbocycles. The second-order valence-corrected chi connectivity index (χ2v) is 7.61. The minimum absolute atomic E-state index is 0.134. The summed E-state index contributed by atoms with van der Waals surface area (Å²) in [5.41, 5.74) is 4.58. The summed E-state index contributed by atoms with van der Waals surface area (Å²) in [5.74, 6) is 1.36. The first kappa shape index (κ1) is 23.2. The van der Waals surface area contributed by atoms with Crippen LogP contribution in [0.2, 0.25) is 5.02 Å². The summed E-state index contributed by atoms with van der Waals surface area (Å²) in [5, 5.41) is 5.44. The molecule has 1 amide bonds. The van der Waals surface area contributed by atoms with Crippen molar-refractivity contribution in [2.75, 3.05) is 13.7 Å². The Morgan fingerprint density at radius 1 is 1.03 bits per heavy atom. The predicted octanol–water partition coefficient (Wildman–Crippen LogP) is 5.84. The molecule has 1 heterocycles. The topological polar surface area (TPSA) is 82.3 Å². The molecule has 0 aliphatic heterocycles. The van der Waals surface area contributed by atoms with Gasteiger partial charge in [0.25, 0.3) is 0 Å². The third-order valence-electron chi connectivity index (χ3n) is 4.94. The average Bonchev–Trinajstić information content (AvgIpc) is 3.29. The van der Waals surface area contributed by atoms with E-state index < -0.39 is 5.91 Å². The minimum Gasteiger partial charge on any atom is -0.493 e. The molecule has 0 unspecified atom stereocenters. The van der Waals surface area contributed by atoms with Crippen LogP contribution in [0, 0.1) is 0 Å². The lowest BCUT2D eigenvalue weighted by Gasteiger charge is -2.13. The molecule has 174 valence electrons. The molecular formula is C26H23ClN2O5. The van der Waals surface area contributed by atoms with Gasteiger partial charge in [0.1, 0.15) is 6.61 Å². The largest absolute Gasteiger partial charge is 0.493 e. The molecule has 34 heavy (non-hydrogen) atoms. The highest BCUT2D eigenvalue weighted by molar-refractivity contribution is 6.31. The van der Waals surface area contributed by atoms with E-state index in [1.54, 1.807) is 31.4 Å². The van der Waals surface area contributed by atoms with Crippen LogP contribution in [-0.2, 0) is 6.61 Å². The number of fused-ring (bicyclic) bond motifs is 1. The smallest absolute Gasteiger partial charge is 0.307 e. The second-order valence-electron chi connectivity index (χ2n) is 7.21. The van der Waals surface area contributed by atoms with Gasteiger partial charge >= 0.3 is 5.91 Å². The Kier molecular flexibility index (Phi) is 7.34. The van der Waals surface area contributed by atoms with Crippen molar-refractivity contribution in [2.24, 2.45) is 5.10 Å². The molecule has 0 bridgehead atoms. The highest BCUT2D eigenvalue weighted by Crippen LogP contribution is 2.30. The van der Waals surface area contributed by atoms with E-state index in [1.807, 2.05) is 49.4 Å². The van der Waals surface area contributed by atoms with Crippen molar-refractivity contribution in [1.29, 1.82) is 0 Å². The zero-order chi connectivity index (χ0) is 23.9. The third-order valence-corrected chi connectivity index (χ3v) is 5.31. The van der Waals surface area contributed by atoms with Crippen molar-refractivity contribution in [2.45, 2.75) is 13.5 Å². The molecule has 0 atom stereocenters. The summed E-state index contributed by atoms with van der Waals surface area (Å²) < 4.78 is 22.5. The van der Waals surface area contributed by atoms with E-state index in [4.69, 9.17) is 30.2 Å². The van der Waals surface area contributed by atoms with Gasteiger partial charge in [0.2, 0.25) is 0 Å². The van der Waals surface area contributed by atoms with Crippen LogP contribution in [0.4, 0.5) is 0 Å². The summed E-state index contributed by atoms with van der Waals surface area (Å²) in [7, 11) is 1.55. The number of nitrogens with zero attached hydrogens (tertiary/aromatic N) is 1. The number of benzene rings is 3. The Labute approximate surface area is 201 Å². The van der Waals surface area contributed by atoms with E-state index >= 15 is 0 Å². The monoisotopic (exact) mass is 478 g/mol. The number of furan rings is 1. The molecule has 4 aromatic rings. The third kappa shape index (κ3) is 5.32. The van der Waals surface area contributed by atoms with Gasteiger partial charge in [-0.3, -0.25) is 4.79 Å². The zero-order valence-electron chi connectivity index (χ0n) is 18.7. The van der Waals surface area contributed by atoms with Gasteiger partial charge in [0.15, 0.2) is 28.6 Å². The fourth-order valence-corrected chi connectivity index (χ4v) is 3.48. The first-order valence-electron chi connectivity index (χ1n) is 10.6. The summed E-state index contributed by atoms with van der Waals surface area (Å²) >= 11 is 6.21. The van der Waals surface area contributed by atoms with Crippen molar-refractivity contribution in [1.82, 2.24) is 5.43 Å². The van der Waals surface area contributed by atoms with Crippen molar-refractivity contribution in [3.05, 3.63) is 88.6 Å². The number of ether oxygens (including phenoxy) is 3. The lowest BCUT2D eigenvalue weighted by molar-refractivity contribution is 0.0929. The van der Waals surface area contributed by atoms with E-state index in [-0.39, 0.29) is 5.76 Å². The van der Waals surface area contributed by atoms with Gasteiger partial charge in [-0.25, -0.2) is 5.43 Å². The molecular weight excluding hydrogens is 456 g/mol. The van der Waals surface area contributed by atoms with E-state index in [1.165, 1.54) is 6.21 Å². The highest BCUT2D eigenvalue weighted by Gasteiger charge is 2.14. The van der Waals surface area contributed by atoms with Crippen molar-refractivity contribution in [3.63, 3.8) is 0 Å². The van der Waals surface area contributed by atoms with E-state index in [2.05, 4.69) is 10.5 Å². The van der Waals surface area contributed by atoms with Gasteiger partial charge in [-0.2, -0.15) is 5.10 Å². The van der Waals surface area contributed by atoms with Crippen LogP contribution < -0.4 is 19.6 Å². The normalized spacial score (nSPS) is 11.0. The number of para-hydroxylation sites is 1. The molecule has 1 aromatic heterocycles. The van der Waals surface area contributed by atoms with Gasteiger partial charge in [-0.05, 0) is 48.9 Å². The molecule has 0 aliphatic rings. The number of rotatable bonds is 9. The molecule has 3 aromatic carbocycles. The second kappa shape index (κ2) is 10.8. The van der Waals surface area contributed by atoms with Crippen LogP contribution in [0.15, 0.2) is 76.2 Å². The van der Waals surface area contributed by atoms with Crippen LogP contribution in [0.5, 0.6) is 17.2 Å². The Hall–Kier alpha value is -3.97. The fourth-order valence-electron chi connectivity index (χ4n) is 3.29. The van der Waals surface area contributed by atoms with Gasteiger partial charge in [-0.1, -0.05) is 41.9 Å². The quantitative estimate of drug-likeness (QED) is 0.241. The van der Waals surface area contributed by atoms with Crippen molar-refractivity contribution >= 4 is 34.7 Å². The number of carbonyl (C=O) groups is 1. The molecule has 8 heteroatoms. The SMILES string of the molecule is CCOc1cc(/C=N\NC(=O)c2cc3cccc(OC)c3o2)ccc1OCc1ccccc1Cl. The Balaban J connectivity index is 1.43. The number of carbonyl (C=O) groups excluding carboxylic acids is 1. The number of hydrogen-bond acceptors (Lipinski definition) is 6. The van der Waals surface area contributed by atoms with Crippen molar-refractivity contribution < 1.29 is 23.4 Å². The number of hydrogen-bond donors (Lipinski definition) is 1. The Morgan fingerprint density at radius 2 is 1.88 bits per heavy atom. The summed E-state index contributed by atoms with van der Waals surface area (Å²) in [6.07, 6.45) is 1.52. The lowest BCUT2D eigenvalue weighted by atomic mass is 10.2. The number of nitrogens with one attached hydrogen (secondary N) is 1. The van der Waals surface area contributed by atoms with Gasteiger partial charge in [-0.15, -0.1) is 0 Å². The van der Waals surface area contributed by atoms with Crippen LogP contribution in [0.25, 0.3) is 11.0 Å². The van der Waals surface area contributed by atoms with E-state index in [9.17, 15) is 4.79 Å². The maximum atomic E-state index is 12.5. The molecule has 4 rings (SSSR count). The number of amides is 1. The van der Waals surface area contributed by atoms with Gasteiger partial charge in [0.05, 0.1) is 19.9 Å². The molecule has 0 fully saturated rings. The summed E-state index contributed by atoms with van der Waals surface area (Å²) in [6, 6.07) is 20.0. The summed E-state index contributed by atoms with van der Waals surface area (Å²) in [6.45, 7) is 2.67. The van der Waals surface area contributed by atoms with Crippen LogP contribution >= 0.6 is 11.6 Å². The minimum atomic E-state index is -0.473. The van der Waals surface area contributed by atoms with Crippen LogP contribution in [-0.4, -0.2) is 25.8 Å². The number of halogens is 1. The molecule has 0 spiro atoms. The molecule has 0 aliphatic carbocycles. The maximum Gasteiger partial charge on any atom is 0.307 e. The van der Waals surface area contributed by atoms with Crippen LogP contribution in [0.1, 0.15) is 28.6 Å². The van der Waals surface area contributed by atoms with E-state index in [0.29, 0.717) is 41.1 Å². The maximum absolute atomic E-state index is 12.5. The Bertz CT molecular complexity index is 1330. The molecule has 0 radical (unpaired) electrons. The van der Waals surface area contributed by atoms with Gasteiger partial charge in [0, 0.05) is 16.0 Å². The number of methoxy groups -OCH3 is 1. The first-order chi connectivity index (χ1) is 16.6. The van der Waals surface area contributed by atoms with Crippen molar-refractivity contribution in [3.8, 4) is 17.2 Å². The van der Waals surface area contributed by atoms with Crippen LogP contribution in [0.3, 0.4) is 0 Å². The average molecular weight is 479 g/mol. The fraction of sp³-hybridized carbons (Fsp3) is 0.154. The lowest BCUT2D eigenvalue weighted by Crippen LogP contribution is -2.16. The Morgan fingerprint density at radius 3 is 2.68 bits per heavy atom. The zero-order valence-corrected chi connectivity index (χ0v) is 19.5.